The highest BCUT2D eigenvalue weighted by Crippen LogP contribution is 2.43. The van der Waals surface area contributed by atoms with Crippen LogP contribution >= 0.6 is 11.3 Å². The van der Waals surface area contributed by atoms with Crippen LogP contribution in [0.5, 0.6) is 5.75 Å². The Morgan fingerprint density at radius 1 is 0.861 bits per heavy atom. The first-order valence-corrected chi connectivity index (χ1v) is 12.1. The van der Waals surface area contributed by atoms with Crippen LogP contribution in [-0.2, 0) is 0 Å². The quantitative estimate of drug-likeness (QED) is 0.278. The van der Waals surface area contributed by atoms with Gasteiger partial charge in [0.25, 0.3) is 0 Å². The molecule has 0 fully saturated rings. The van der Waals surface area contributed by atoms with E-state index in [-0.39, 0.29) is 0 Å². The zero-order valence-corrected chi connectivity index (χ0v) is 20.1. The largest absolute Gasteiger partial charge is 0.497 e. The van der Waals surface area contributed by atoms with Gasteiger partial charge in [-0.2, -0.15) is 5.26 Å². The van der Waals surface area contributed by atoms with Gasteiger partial charge in [-0.05, 0) is 35.9 Å². The van der Waals surface area contributed by atoms with E-state index in [9.17, 15) is 5.26 Å². The van der Waals surface area contributed by atoms with Crippen LogP contribution < -0.4 is 10.1 Å². The highest BCUT2D eigenvalue weighted by atomic mass is 32.1. The second-order valence-corrected chi connectivity index (χ2v) is 9.17. The van der Waals surface area contributed by atoms with Crippen molar-refractivity contribution >= 4 is 43.3 Å². The van der Waals surface area contributed by atoms with Crippen molar-refractivity contribution in [3.8, 4) is 34.2 Å². The summed E-state index contributed by atoms with van der Waals surface area (Å²) in [7, 11) is 1.63. The number of hydrogen-bond donors (Lipinski definition) is 1. The lowest BCUT2D eigenvalue weighted by molar-refractivity contribution is 0.415. The average Bonchev–Trinajstić information content (AvgIpc) is 3.31. The highest BCUT2D eigenvalue weighted by Gasteiger charge is 2.21. The zero-order valence-electron chi connectivity index (χ0n) is 19.3. The maximum atomic E-state index is 9.87. The fraction of sp³-hybridized carbons (Fsp3) is 0.0345. The SMILES string of the molecule is COc1ccc(Nc2nc3c(cc2C#N)sc2nnc(-c4ccccc4)c(-c4ccccc4)c23)cc1. The topological polar surface area (TPSA) is 83.7 Å². The number of thiophene rings is 1. The Hall–Kier alpha value is -4.80. The number of ether oxygens (including phenoxy) is 1. The molecule has 0 unspecified atom stereocenters. The van der Waals surface area contributed by atoms with E-state index in [0.717, 1.165) is 54.3 Å². The molecule has 0 aliphatic carbocycles. The Morgan fingerprint density at radius 2 is 1.56 bits per heavy atom. The van der Waals surface area contributed by atoms with Crippen LogP contribution in [-0.4, -0.2) is 22.3 Å². The third-order valence-corrected chi connectivity index (χ3v) is 6.97. The molecule has 0 saturated heterocycles. The van der Waals surface area contributed by atoms with Crippen LogP contribution in [0, 0.1) is 11.3 Å². The number of rotatable bonds is 5. The summed E-state index contributed by atoms with van der Waals surface area (Å²) >= 11 is 1.49. The first-order chi connectivity index (χ1) is 17.7. The first-order valence-electron chi connectivity index (χ1n) is 11.3. The molecule has 3 aromatic heterocycles. The second-order valence-electron chi connectivity index (χ2n) is 8.13. The van der Waals surface area contributed by atoms with Gasteiger partial charge in [0.15, 0.2) is 0 Å². The summed E-state index contributed by atoms with van der Waals surface area (Å²) < 4.78 is 6.14. The van der Waals surface area contributed by atoms with Crippen LogP contribution in [0.15, 0.2) is 91.0 Å². The number of aromatic nitrogens is 3. The molecular weight excluding hydrogens is 466 g/mol. The van der Waals surface area contributed by atoms with Crippen molar-refractivity contribution in [3.63, 3.8) is 0 Å². The first kappa shape index (κ1) is 21.7. The number of benzene rings is 3. The Morgan fingerprint density at radius 3 is 2.22 bits per heavy atom. The molecule has 0 radical (unpaired) electrons. The normalized spacial score (nSPS) is 10.9. The Balaban J connectivity index is 1.62. The zero-order chi connectivity index (χ0) is 24.5. The van der Waals surface area contributed by atoms with Crippen LogP contribution in [0.4, 0.5) is 11.5 Å². The van der Waals surface area contributed by atoms with E-state index in [4.69, 9.17) is 9.72 Å². The molecule has 0 amide bonds. The summed E-state index contributed by atoms with van der Waals surface area (Å²) in [5, 5.41) is 23.3. The van der Waals surface area contributed by atoms with Gasteiger partial charge in [0, 0.05) is 22.2 Å². The minimum atomic E-state index is 0.461. The summed E-state index contributed by atoms with van der Waals surface area (Å²) in [6.07, 6.45) is 0. The fourth-order valence-corrected chi connectivity index (χ4v) is 5.26. The molecule has 0 aliphatic heterocycles. The van der Waals surface area contributed by atoms with Gasteiger partial charge in [0.05, 0.1) is 22.9 Å². The van der Waals surface area contributed by atoms with Gasteiger partial charge in [-0.1, -0.05) is 60.7 Å². The van der Waals surface area contributed by atoms with Crippen molar-refractivity contribution in [2.24, 2.45) is 0 Å². The minimum absolute atomic E-state index is 0.461. The van der Waals surface area contributed by atoms with Crippen LogP contribution in [0.1, 0.15) is 5.56 Å². The molecule has 6 aromatic rings. The number of nitrogens with zero attached hydrogens (tertiary/aromatic N) is 4. The number of nitrogens with one attached hydrogen (secondary N) is 1. The van der Waals surface area contributed by atoms with Gasteiger partial charge < -0.3 is 10.1 Å². The third kappa shape index (κ3) is 3.80. The van der Waals surface area contributed by atoms with Gasteiger partial charge in [0.2, 0.25) is 0 Å². The number of nitriles is 1. The molecule has 36 heavy (non-hydrogen) atoms. The lowest BCUT2D eigenvalue weighted by atomic mass is 9.97. The summed E-state index contributed by atoms with van der Waals surface area (Å²) in [5.74, 6) is 1.25. The molecule has 3 aromatic carbocycles. The van der Waals surface area contributed by atoms with E-state index in [1.54, 1.807) is 7.11 Å². The van der Waals surface area contributed by atoms with Gasteiger partial charge in [-0.15, -0.1) is 21.5 Å². The van der Waals surface area contributed by atoms with Crippen LogP contribution in [0.2, 0.25) is 0 Å². The molecule has 6 rings (SSSR count). The summed E-state index contributed by atoms with van der Waals surface area (Å²) in [5.41, 5.74) is 5.85. The van der Waals surface area contributed by atoms with Crippen molar-refractivity contribution in [1.82, 2.24) is 15.2 Å². The van der Waals surface area contributed by atoms with E-state index >= 15 is 0 Å². The predicted molar refractivity (Wildman–Crippen MR) is 145 cm³/mol. The monoisotopic (exact) mass is 485 g/mol. The van der Waals surface area contributed by atoms with E-state index in [1.807, 2.05) is 78.9 Å². The summed E-state index contributed by atoms with van der Waals surface area (Å²) in [6.45, 7) is 0. The van der Waals surface area contributed by atoms with E-state index in [2.05, 4.69) is 33.7 Å². The smallest absolute Gasteiger partial charge is 0.149 e. The Labute approximate surface area is 211 Å². The molecule has 6 nitrogen and oxygen atoms in total. The molecule has 0 atom stereocenters. The van der Waals surface area contributed by atoms with Crippen molar-refractivity contribution in [3.05, 3.63) is 96.6 Å². The second kappa shape index (κ2) is 9.10. The van der Waals surface area contributed by atoms with Crippen molar-refractivity contribution in [2.75, 3.05) is 12.4 Å². The molecule has 0 bridgehead atoms. The standard InChI is InChI=1S/C29H19N5OS/c1-35-22-14-12-21(13-15-22)31-28-20(17-30)16-23-27(32-28)25-24(18-8-4-2-5-9-18)26(33-34-29(25)36-23)19-10-6-3-7-11-19/h2-16H,1H3,(H,31,32). The molecule has 1 N–H and O–H groups in total. The van der Waals surface area contributed by atoms with E-state index < -0.39 is 0 Å². The van der Waals surface area contributed by atoms with Gasteiger partial charge in [-0.25, -0.2) is 4.98 Å². The Bertz CT molecular complexity index is 1740. The maximum Gasteiger partial charge on any atom is 0.149 e. The average molecular weight is 486 g/mol. The number of methoxy groups -OCH3 is 1. The van der Waals surface area contributed by atoms with Crippen LogP contribution in [0.25, 0.3) is 42.8 Å². The van der Waals surface area contributed by atoms with Crippen LogP contribution in [0.3, 0.4) is 0 Å². The molecule has 3 heterocycles. The number of anilines is 2. The molecular formula is C29H19N5OS. The third-order valence-electron chi connectivity index (χ3n) is 5.96. The minimum Gasteiger partial charge on any atom is -0.497 e. The highest BCUT2D eigenvalue weighted by molar-refractivity contribution is 7.25. The van der Waals surface area contributed by atoms with Crippen molar-refractivity contribution in [1.29, 1.82) is 5.26 Å². The summed E-state index contributed by atoms with van der Waals surface area (Å²) in [4.78, 5) is 5.75. The van der Waals surface area contributed by atoms with E-state index in [0.29, 0.717) is 11.4 Å². The maximum absolute atomic E-state index is 9.87. The predicted octanol–water partition coefficient (Wildman–Crippen LogP) is 7.20. The number of hydrogen-bond acceptors (Lipinski definition) is 7. The van der Waals surface area contributed by atoms with Gasteiger partial charge in [-0.3, -0.25) is 0 Å². The van der Waals surface area contributed by atoms with Gasteiger partial charge in [0.1, 0.15) is 28.2 Å². The molecule has 0 spiro atoms. The lowest BCUT2D eigenvalue weighted by Crippen LogP contribution is -1.98. The molecule has 172 valence electrons. The summed E-state index contributed by atoms with van der Waals surface area (Å²) in [6, 6.07) is 31.9. The Kier molecular flexibility index (Phi) is 5.49. The van der Waals surface area contributed by atoms with E-state index in [1.165, 1.54) is 11.3 Å². The van der Waals surface area contributed by atoms with Crippen molar-refractivity contribution in [2.45, 2.75) is 0 Å². The molecule has 7 heteroatoms. The van der Waals surface area contributed by atoms with Gasteiger partial charge >= 0.3 is 0 Å². The van der Waals surface area contributed by atoms with Crippen molar-refractivity contribution < 1.29 is 4.74 Å². The number of fused-ring (bicyclic) bond motifs is 3. The molecule has 0 saturated carbocycles. The number of pyridine rings is 1. The fourth-order valence-electron chi connectivity index (χ4n) is 4.24. The lowest BCUT2D eigenvalue weighted by Gasteiger charge is -2.11. The molecule has 0 aliphatic rings.